The van der Waals surface area contributed by atoms with E-state index in [1.807, 2.05) is 18.2 Å². The molecule has 77 heavy (non-hydrogen) atoms. The molecule has 0 saturated carbocycles. The molecule has 19 N–H and O–H groups in total. The number of aromatic nitrogens is 3. The van der Waals surface area contributed by atoms with E-state index in [0.29, 0.717) is 23.2 Å². The van der Waals surface area contributed by atoms with Crippen LogP contribution in [0.2, 0.25) is 0 Å². The molecule has 9 amide bonds. The molecule has 1 aliphatic heterocycles. The van der Waals surface area contributed by atoms with E-state index in [1.165, 1.54) is 35.5 Å². The number of nitrogens with zero attached hydrogens (tertiary/aromatic N) is 2. The summed E-state index contributed by atoms with van der Waals surface area (Å²) in [6.07, 6.45) is 5.55. The average Bonchev–Trinajstić information content (AvgIpc) is 4.19. The highest BCUT2D eigenvalue weighted by Gasteiger charge is 2.39. The Hall–Kier alpha value is -8.59. The number of primary amides is 1. The Kier molecular flexibility index (Phi) is 22.3. The lowest BCUT2D eigenvalue weighted by molar-refractivity contribution is -0.142. The summed E-state index contributed by atoms with van der Waals surface area (Å²) in [7, 11) is 0. The average molecular weight is 1070 g/mol. The second-order valence-corrected chi connectivity index (χ2v) is 19.1. The van der Waals surface area contributed by atoms with Crippen LogP contribution in [0.25, 0.3) is 10.9 Å². The molecule has 3 heterocycles. The zero-order valence-electron chi connectivity index (χ0n) is 42.9. The molecule has 0 radical (unpaired) electrons. The second-order valence-electron chi connectivity index (χ2n) is 19.1. The van der Waals surface area contributed by atoms with Crippen LogP contribution < -0.4 is 59.7 Å². The zero-order valence-corrected chi connectivity index (χ0v) is 42.9. The number of hydrogen-bond acceptors (Lipinski definition) is 14. The Morgan fingerprint density at radius 3 is 2.10 bits per heavy atom. The third kappa shape index (κ3) is 18.3. The number of benzene rings is 2. The Balaban J connectivity index is 1.28. The van der Waals surface area contributed by atoms with Crippen molar-refractivity contribution < 1.29 is 53.4 Å². The minimum atomic E-state index is -1.67. The Morgan fingerprint density at radius 1 is 0.766 bits per heavy atom. The monoisotopic (exact) mass is 1070 g/mol. The number of imidazole rings is 1. The van der Waals surface area contributed by atoms with Gasteiger partial charge in [-0.3, -0.25) is 48.6 Å². The van der Waals surface area contributed by atoms with Gasteiger partial charge in [-0.15, -0.1) is 0 Å². The number of carbonyl (C=O) groups excluding carboxylic acids is 9. The van der Waals surface area contributed by atoms with Crippen molar-refractivity contribution in [2.45, 2.75) is 108 Å². The van der Waals surface area contributed by atoms with Crippen molar-refractivity contribution in [2.75, 3.05) is 32.8 Å². The lowest BCUT2D eigenvalue weighted by atomic mass is 10.0. The van der Waals surface area contributed by atoms with Crippen molar-refractivity contribution in [1.82, 2.24) is 62.4 Å². The minimum absolute atomic E-state index is 0.0361. The van der Waals surface area contributed by atoms with Gasteiger partial charge < -0.3 is 84.8 Å². The Morgan fingerprint density at radius 2 is 1.43 bits per heavy atom. The van der Waals surface area contributed by atoms with Gasteiger partial charge in [0.2, 0.25) is 53.2 Å². The molecule has 1 aliphatic rings. The number of carbonyl (C=O) groups is 9. The third-order valence-electron chi connectivity index (χ3n) is 12.5. The number of nitrogens with one attached hydrogen (secondary N) is 11. The number of para-hydroxylation sites is 1. The predicted molar refractivity (Wildman–Crippen MR) is 279 cm³/mol. The van der Waals surface area contributed by atoms with Crippen LogP contribution in [0.4, 0.5) is 0 Å². The number of aromatic hydroxyl groups is 1. The maximum Gasteiger partial charge on any atom is 0.245 e. The van der Waals surface area contributed by atoms with Crippen LogP contribution >= 0.6 is 0 Å². The number of aliphatic hydroxyl groups excluding tert-OH is 1. The fourth-order valence-corrected chi connectivity index (χ4v) is 8.64. The molecule has 2 aromatic heterocycles. The molecule has 1 saturated heterocycles. The lowest BCUT2D eigenvalue weighted by Crippen LogP contribution is -2.60. The molecular weight excluding hydrogens is 1000 g/mol. The number of nitrogens with two attached hydrogens (primary N) is 3. The second kappa shape index (κ2) is 28.9. The molecule has 416 valence electrons. The molecule has 5 rings (SSSR count). The molecule has 0 bridgehead atoms. The number of H-pyrrole nitrogens is 2. The minimum Gasteiger partial charge on any atom is -0.508 e. The number of aromatic amines is 2. The summed E-state index contributed by atoms with van der Waals surface area (Å²) in [5.41, 5.74) is 19.2. The van der Waals surface area contributed by atoms with Crippen molar-refractivity contribution in [3.05, 3.63) is 84.1 Å². The third-order valence-corrected chi connectivity index (χ3v) is 12.5. The van der Waals surface area contributed by atoms with Crippen molar-refractivity contribution in [2.24, 2.45) is 23.1 Å². The summed E-state index contributed by atoms with van der Waals surface area (Å²) in [5.74, 6) is -7.59. The van der Waals surface area contributed by atoms with E-state index < -0.39 is 115 Å². The van der Waals surface area contributed by atoms with Gasteiger partial charge in [-0.1, -0.05) is 44.2 Å². The molecule has 1 fully saturated rings. The molecule has 0 unspecified atom stereocenters. The van der Waals surface area contributed by atoms with Crippen LogP contribution in [0.3, 0.4) is 0 Å². The van der Waals surface area contributed by atoms with Crippen molar-refractivity contribution in [3.63, 3.8) is 0 Å². The predicted octanol–water partition coefficient (Wildman–Crippen LogP) is -3.61. The van der Waals surface area contributed by atoms with Crippen LogP contribution in [0, 0.1) is 11.3 Å². The van der Waals surface area contributed by atoms with Crippen LogP contribution in [0.15, 0.2) is 67.3 Å². The SMILES string of the molecule is CC(C)C[C@H](NC(=O)CNC(=O)[C@H](Cc1ccc(O)cc1)NC(=O)[C@H](CO)NC(=O)[C@H](Cc1c[nH]c2ccccc12)NC(=O)[C@@H](N)Cc1c[nH]cn1)C(=O)N[C@@H](CCCNC(=N)N)C(=O)N1CCC[C@H]1C(=O)NCC(N)=O. The number of likely N-dealkylation sites (tertiary alicyclic amines) is 1. The summed E-state index contributed by atoms with van der Waals surface area (Å²) < 4.78 is 0. The largest absolute Gasteiger partial charge is 0.508 e. The topological polar surface area (TPSA) is 440 Å². The van der Waals surface area contributed by atoms with Gasteiger partial charge in [-0.05, 0) is 67.3 Å². The first kappa shape index (κ1) is 59.3. The number of amides is 9. The summed E-state index contributed by atoms with van der Waals surface area (Å²) in [5, 5.41) is 49.2. The number of fused-ring (bicyclic) bond motifs is 1. The number of phenols is 1. The number of hydrogen-bond donors (Lipinski definition) is 16. The van der Waals surface area contributed by atoms with Gasteiger partial charge in [-0.2, -0.15) is 0 Å². The molecule has 27 nitrogen and oxygen atoms in total. The van der Waals surface area contributed by atoms with E-state index in [-0.39, 0.29) is 75.7 Å². The Labute approximate surface area is 443 Å². The van der Waals surface area contributed by atoms with E-state index in [9.17, 15) is 53.4 Å². The van der Waals surface area contributed by atoms with Gasteiger partial charge in [0.25, 0.3) is 0 Å². The van der Waals surface area contributed by atoms with Gasteiger partial charge in [0.15, 0.2) is 5.96 Å². The van der Waals surface area contributed by atoms with Crippen LogP contribution in [-0.4, -0.2) is 164 Å². The molecule has 27 heteroatoms. The zero-order chi connectivity index (χ0) is 56.2. The first-order valence-electron chi connectivity index (χ1n) is 25.1. The van der Waals surface area contributed by atoms with Gasteiger partial charge in [0.05, 0.1) is 37.8 Å². The molecule has 0 aliphatic carbocycles. The maximum absolute atomic E-state index is 14.1. The molecule has 0 spiro atoms. The highest BCUT2D eigenvalue weighted by Crippen LogP contribution is 2.22. The molecular formula is C50H70N16O11. The van der Waals surface area contributed by atoms with Crippen LogP contribution in [0.1, 0.15) is 62.8 Å². The summed E-state index contributed by atoms with van der Waals surface area (Å²) in [4.78, 5) is 133. The standard InChI is InChI=1S/C50H70N16O11/c1-27(2)17-36(45(73)62-35(9-5-15-56-50(53)54)49(77)66-16-6-10-40(66)48(76)58-23-41(52)69)61-42(70)24-59-44(72)37(18-28-11-13-31(68)14-12-28)64-47(75)39(25-67)65-46(74)38(19-29-21-57-34-8-4-3-7-32(29)34)63-43(71)33(51)20-30-22-55-26-60-30/h3-4,7-8,11-14,21-22,26-27,33,35-40,57,67-68H,5-6,9-10,15-20,23-25,51H2,1-2H3,(H2,52,69)(H,55,60)(H,58,76)(H,59,72)(H,61,70)(H,62,73)(H,63,71)(H,64,75)(H,65,74)(H4,53,54,56)/t33-,35-,36-,37-,38-,39-,40-/m0/s1. The van der Waals surface area contributed by atoms with E-state index in [4.69, 9.17) is 22.6 Å². The van der Waals surface area contributed by atoms with E-state index in [0.717, 1.165) is 10.9 Å². The molecule has 2 aromatic carbocycles. The van der Waals surface area contributed by atoms with Crippen LogP contribution in [0.5, 0.6) is 5.75 Å². The molecule has 4 aromatic rings. The van der Waals surface area contributed by atoms with Crippen molar-refractivity contribution in [3.8, 4) is 5.75 Å². The normalized spacial score (nSPS) is 15.4. The van der Waals surface area contributed by atoms with Crippen molar-refractivity contribution in [1.29, 1.82) is 5.41 Å². The van der Waals surface area contributed by atoms with Gasteiger partial charge in [-0.25, -0.2) is 4.98 Å². The van der Waals surface area contributed by atoms with Crippen LogP contribution in [-0.2, 0) is 62.4 Å². The van der Waals surface area contributed by atoms with Gasteiger partial charge in [0, 0.05) is 55.6 Å². The van der Waals surface area contributed by atoms with E-state index >= 15 is 0 Å². The number of guanidine groups is 1. The van der Waals surface area contributed by atoms with Gasteiger partial charge in [0.1, 0.15) is 42.0 Å². The summed E-state index contributed by atoms with van der Waals surface area (Å²) >= 11 is 0. The highest BCUT2D eigenvalue weighted by molar-refractivity contribution is 5.98. The fourth-order valence-electron chi connectivity index (χ4n) is 8.64. The maximum atomic E-state index is 14.1. The quantitative estimate of drug-likeness (QED) is 0.0142. The smallest absolute Gasteiger partial charge is 0.245 e. The first-order valence-corrected chi connectivity index (χ1v) is 25.1. The highest BCUT2D eigenvalue weighted by atomic mass is 16.3. The fraction of sp³-hybridized carbons (Fsp3) is 0.460. The van der Waals surface area contributed by atoms with E-state index in [1.54, 1.807) is 32.3 Å². The summed E-state index contributed by atoms with van der Waals surface area (Å²) in [6, 6.07) is 4.00. The Bertz CT molecular complexity index is 2700. The summed E-state index contributed by atoms with van der Waals surface area (Å²) in [6.45, 7) is 1.83. The van der Waals surface area contributed by atoms with Crippen molar-refractivity contribution >= 4 is 70.0 Å². The number of rotatable bonds is 29. The number of phenolic OH excluding ortho intramolecular Hbond substituents is 1. The number of aliphatic hydroxyl groups is 1. The lowest BCUT2D eigenvalue weighted by Gasteiger charge is -2.30. The molecule has 7 atom stereocenters. The first-order chi connectivity index (χ1) is 36.7. The van der Waals surface area contributed by atoms with E-state index in [2.05, 4.69) is 57.5 Å². The van der Waals surface area contributed by atoms with Gasteiger partial charge >= 0.3 is 0 Å².